The molecule has 0 spiro atoms. The molecule has 3 nitrogen and oxygen atoms in total. The number of halogens is 1. The van der Waals surface area contributed by atoms with E-state index in [0.717, 1.165) is 26.1 Å². The van der Waals surface area contributed by atoms with E-state index in [9.17, 15) is 9.50 Å². The van der Waals surface area contributed by atoms with Gasteiger partial charge in [0.1, 0.15) is 5.82 Å². The summed E-state index contributed by atoms with van der Waals surface area (Å²) in [6.45, 7) is 4.90. The van der Waals surface area contributed by atoms with Crippen LogP contribution in [0.1, 0.15) is 25.0 Å². The Morgan fingerprint density at radius 1 is 1.50 bits per heavy atom. The SMILES string of the molecule is CC1CN(CC(O)c2ccccc2F)CCCO1. The first-order valence-corrected chi connectivity index (χ1v) is 6.43. The summed E-state index contributed by atoms with van der Waals surface area (Å²) in [5.41, 5.74) is 0.371. The highest BCUT2D eigenvalue weighted by Gasteiger charge is 2.20. The van der Waals surface area contributed by atoms with E-state index in [0.29, 0.717) is 12.1 Å². The minimum atomic E-state index is -0.781. The minimum Gasteiger partial charge on any atom is -0.387 e. The third-order valence-corrected chi connectivity index (χ3v) is 3.23. The Hall–Kier alpha value is -0.970. The Bertz CT molecular complexity index is 386. The molecular weight excluding hydrogens is 233 g/mol. The number of benzene rings is 1. The van der Waals surface area contributed by atoms with Crippen LogP contribution in [-0.2, 0) is 4.74 Å². The zero-order valence-electron chi connectivity index (χ0n) is 10.7. The maximum absolute atomic E-state index is 13.5. The first kappa shape index (κ1) is 13.5. The van der Waals surface area contributed by atoms with Gasteiger partial charge in [-0.3, -0.25) is 4.90 Å². The molecule has 0 bridgehead atoms. The third-order valence-electron chi connectivity index (χ3n) is 3.23. The van der Waals surface area contributed by atoms with Crippen molar-refractivity contribution in [3.05, 3.63) is 35.6 Å². The molecule has 0 aromatic heterocycles. The van der Waals surface area contributed by atoms with Crippen LogP contribution in [0.2, 0.25) is 0 Å². The van der Waals surface area contributed by atoms with Crippen molar-refractivity contribution in [2.45, 2.75) is 25.6 Å². The summed E-state index contributed by atoms with van der Waals surface area (Å²) in [4.78, 5) is 2.13. The molecular formula is C14H20FNO2. The monoisotopic (exact) mass is 253 g/mol. The van der Waals surface area contributed by atoms with Gasteiger partial charge in [-0.25, -0.2) is 4.39 Å². The van der Waals surface area contributed by atoms with E-state index in [1.165, 1.54) is 6.07 Å². The van der Waals surface area contributed by atoms with Crippen LogP contribution in [0, 0.1) is 5.82 Å². The quantitative estimate of drug-likeness (QED) is 0.894. The molecule has 1 fully saturated rings. The van der Waals surface area contributed by atoms with Crippen molar-refractivity contribution in [3.8, 4) is 0 Å². The molecule has 0 amide bonds. The topological polar surface area (TPSA) is 32.7 Å². The van der Waals surface area contributed by atoms with Crippen LogP contribution in [-0.4, -0.2) is 42.4 Å². The number of ether oxygens (including phenoxy) is 1. The fourth-order valence-corrected chi connectivity index (χ4v) is 2.33. The number of hydrogen-bond donors (Lipinski definition) is 1. The minimum absolute atomic E-state index is 0.167. The van der Waals surface area contributed by atoms with Gasteiger partial charge in [-0.05, 0) is 19.4 Å². The first-order chi connectivity index (χ1) is 8.66. The lowest BCUT2D eigenvalue weighted by atomic mass is 10.1. The van der Waals surface area contributed by atoms with Crippen LogP contribution in [0.5, 0.6) is 0 Å². The number of aliphatic hydroxyl groups is 1. The molecule has 4 heteroatoms. The molecule has 100 valence electrons. The number of β-amino-alcohol motifs (C(OH)–C–C–N with tert-alkyl or cyclic N) is 1. The number of hydrogen-bond acceptors (Lipinski definition) is 3. The highest BCUT2D eigenvalue weighted by molar-refractivity contribution is 5.20. The van der Waals surface area contributed by atoms with Crippen LogP contribution >= 0.6 is 0 Å². The molecule has 2 unspecified atom stereocenters. The van der Waals surface area contributed by atoms with Crippen LogP contribution in [0.15, 0.2) is 24.3 Å². The van der Waals surface area contributed by atoms with Gasteiger partial charge < -0.3 is 9.84 Å². The summed E-state index contributed by atoms with van der Waals surface area (Å²) in [6, 6.07) is 6.40. The summed E-state index contributed by atoms with van der Waals surface area (Å²) in [5, 5.41) is 10.1. The molecule has 0 saturated carbocycles. The van der Waals surface area contributed by atoms with Crippen molar-refractivity contribution >= 4 is 0 Å². The average molecular weight is 253 g/mol. The smallest absolute Gasteiger partial charge is 0.129 e. The van der Waals surface area contributed by atoms with Gasteiger partial charge in [-0.15, -0.1) is 0 Å². The van der Waals surface area contributed by atoms with E-state index in [1.807, 2.05) is 6.92 Å². The van der Waals surface area contributed by atoms with Crippen molar-refractivity contribution in [2.24, 2.45) is 0 Å². The van der Waals surface area contributed by atoms with Crippen molar-refractivity contribution in [2.75, 3.05) is 26.2 Å². The predicted molar refractivity (Wildman–Crippen MR) is 67.8 cm³/mol. The Labute approximate surface area is 107 Å². The average Bonchev–Trinajstić information content (AvgIpc) is 2.54. The van der Waals surface area contributed by atoms with Gasteiger partial charge in [-0.1, -0.05) is 18.2 Å². The Morgan fingerprint density at radius 3 is 3.06 bits per heavy atom. The number of nitrogens with zero attached hydrogens (tertiary/aromatic N) is 1. The lowest BCUT2D eigenvalue weighted by Gasteiger charge is -2.24. The molecule has 1 aliphatic rings. The van der Waals surface area contributed by atoms with E-state index in [4.69, 9.17) is 4.74 Å². The van der Waals surface area contributed by atoms with Gasteiger partial charge in [0.05, 0.1) is 12.2 Å². The highest BCUT2D eigenvalue weighted by Crippen LogP contribution is 2.18. The molecule has 1 aliphatic heterocycles. The van der Waals surface area contributed by atoms with Crippen LogP contribution < -0.4 is 0 Å². The molecule has 18 heavy (non-hydrogen) atoms. The summed E-state index contributed by atoms with van der Waals surface area (Å²) < 4.78 is 19.1. The molecule has 1 aromatic carbocycles. The van der Waals surface area contributed by atoms with Crippen molar-refractivity contribution in [3.63, 3.8) is 0 Å². The summed E-state index contributed by atoms with van der Waals surface area (Å²) >= 11 is 0. The molecule has 1 aromatic rings. The van der Waals surface area contributed by atoms with Gasteiger partial charge in [0.15, 0.2) is 0 Å². The number of aliphatic hydroxyl groups excluding tert-OH is 1. The molecule has 2 atom stereocenters. The summed E-state index contributed by atoms with van der Waals surface area (Å²) in [5.74, 6) is -0.343. The Balaban J connectivity index is 1.98. The first-order valence-electron chi connectivity index (χ1n) is 6.43. The van der Waals surface area contributed by atoms with E-state index < -0.39 is 6.10 Å². The van der Waals surface area contributed by atoms with Gasteiger partial charge in [-0.2, -0.15) is 0 Å². The van der Waals surface area contributed by atoms with E-state index >= 15 is 0 Å². The van der Waals surface area contributed by atoms with Crippen LogP contribution in [0.4, 0.5) is 4.39 Å². The van der Waals surface area contributed by atoms with Gasteiger partial charge in [0.25, 0.3) is 0 Å². The predicted octanol–water partition coefficient (Wildman–Crippen LogP) is 1.97. The van der Waals surface area contributed by atoms with E-state index in [-0.39, 0.29) is 11.9 Å². The fourth-order valence-electron chi connectivity index (χ4n) is 2.33. The highest BCUT2D eigenvalue weighted by atomic mass is 19.1. The third kappa shape index (κ3) is 3.51. The molecule has 1 heterocycles. The molecule has 1 N–H and O–H groups in total. The van der Waals surface area contributed by atoms with Crippen LogP contribution in [0.3, 0.4) is 0 Å². The van der Waals surface area contributed by atoms with Crippen LogP contribution in [0.25, 0.3) is 0 Å². The second-order valence-corrected chi connectivity index (χ2v) is 4.83. The van der Waals surface area contributed by atoms with Crippen molar-refractivity contribution < 1.29 is 14.2 Å². The normalized spacial score (nSPS) is 23.6. The van der Waals surface area contributed by atoms with Gasteiger partial charge in [0, 0.05) is 31.8 Å². The second kappa shape index (κ2) is 6.27. The zero-order chi connectivity index (χ0) is 13.0. The van der Waals surface area contributed by atoms with Gasteiger partial charge in [0.2, 0.25) is 0 Å². The molecule has 1 saturated heterocycles. The van der Waals surface area contributed by atoms with E-state index in [2.05, 4.69) is 4.90 Å². The maximum atomic E-state index is 13.5. The van der Waals surface area contributed by atoms with Gasteiger partial charge >= 0.3 is 0 Å². The van der Waals surface area contributed by atoms with Crippen molar-refractivity contribution in [1.29, 1.82) is 0 Å². The maximum Gasteiger partial charge on any atom is 0.129 e. The lowest BCUT2D eigenvalue weighted by Crippen LogP contribution is -2.34. The Kier molecular flexibility index (Phi) is 4.69. The summed E-state index contributed by atoms with van der Waals surface area (Å²) in [6.07, 6.45) is 0.339. The molecule has 0 aliphatic carbocycles. The standard InChI is InChI=1S/C14H20FNO2/c1-11-9-16(7-4-8-18-11)10-14(17)12-5-2-3-6-13(12)15/h2-3,5-6,11,14,17H,4,7-10H2,1H3. The largest absolute Gasteiger partial charge is 0.387 e. The fraction of sp³-hybridized carbons (Fsp3) is 0.571. The lowest BCUT2D eigenvalue weighted by molar-refractivity contribution is 0.0557. The summed E-state index contributed by atoms with van der Waals surface area (Å²) in [7, 11) is 0. The Morgan fingerprint density at radius 2 is 2.28 bits per heavy atom. The number of rotatable bonds is 3. The zero-order valence-corrected chi connectivity index (χ0v) is 10.7. The van der Waals surface area contributed by atoms with Crippen molar-refractivity contribution in [1.82, 2.24) is 4.90 Å². The second-order valence-electron chi connectivity index (χ2n) is 4.83. The molecule has 2 rings (SSSR count). The molecule has 0 radical (unpaired) electrons. The van der Waals surface area contributed by atoms with E-state index in [1.54, 1.807) is 18.2 Å².